The minimum absolute atomic E-state index is 0.0705. The lowest BCUT2D eigenvalue weighted by atomic mass is 9.79. The summed E-state index contributed by atoms with van der Waals surface area (Å²) in [5.41, 5.74) is 1.58. The molecule has 2 heterocycles. The topological polar surface area (TPSA) is 31.6 Å². The summed E-state index contributed by atoms with van der Waals surface area (Å²) in [5.74, 6) is 0. The van der Waals surface area contributed by atoms with E-state index in [1.165, 1.54) is 0 Å². The molecule has 0 N–H and O–H groups in total. The van der Waals surface area contributed by atoms with E-state index in [-0.39, 0.29) is 18.8 Å². The number of furan rings is 1. The summed E-state index contributed by atoms with van der Waals surface area (Å²) in [5, 5.41) is 1.06. The van der Waals surface area contributed by atoms with Crippen molar-refractivity contribution in [1.29, 1.82) is 0 Å². The van der Waals surface area contributed by atoms with Gasteiger partial charge in [0.1, 0.15) is 5.58 Å². The first-order valence-electron chi connectivity index (χ1n) is 6.87. The summed E-state index contributed by atoms with van der Waals surface area (Å²) in [6.07, 6.45) is 1.80. The first kappa shape index (κ1) is 14.2. The van der Waals surface area contributed by atoms with Gasteiger partial charge < -0.3 is 13.7 Å². The Hall–Kier alpha value is -1.26. The van der Waals surface area contributed by atoms with Gasteiger partial charge in [0.2, 0.25) is 0 Å². The number of para-hydroxylation sites is 1. The average molecular weight is 260 g/mol. The van der Waals surface area contributed by atoms with E-state index in [0.29, 0.717) is 0 Å². The summed E-state index contributed by atoms with van der Waals surface area (Å²) in [6.45, 7) is 10.1. The van der Waals surface area contributed by atoms with Gasteiger partial charge in [-0.15, -0.1) is 0 Å². The van der Waals surface area contributed by atoms with Crippen molar-refractivity contribution in [1.82, 2.24) is 0 Å². The van der Waals surface area contributed by atoms with E-state index in [2.05, 4.69) is 0 Å². The van der Waals surface area contributed by atoms with E-state index in [9.17, 15) is 0 Å². The monoisotopic (exact) mass is 260 g/mol. The van der Waals surface area contributed by atoms with Crippen molar-refractivity contribution in [2.45, 2.75) is 46.3 Å². The highest BCUT2D eigenvalue weighted by atomic mass is 16.7. The summed E-state index contributed by atoms with van der Waals surface area (Å²) in [7, 11) is -0.330. The highest BCUT2D eigenvalue weighted by molar-refractivity contribution is 6.65. The number of rotatable bonds is 1. The van der Waals surface area contributed by atoms with Crippen LogP contribution in [0.3, 0.4) is 0 Å². The molecule has 1 saturated heterocycles. The lowest BCUT2D eigenvalue weighted by Crippen LogP contribution is -2.34. The molecular weight excluding hydrogens is 239 g/mol. The molecule has 1 fully saturated rings. The van der Waals surface area contributed by atoms with E-state index in [0.717, 1.165) is 16.4 Å². The molecule has 0 bridgehead atoms. The Morgan fingerprint density at radius 2 is 1.84 bits per heavy atom. The SMILES string of the molecule is CC.CC1OB(c2coc3ccccc23)OC1(C)C. The molecule has 1 aliphatic rings. The summed E-state index contributed by atoms with van der Waals surface area (Å²) in [4.78, 5) is 0. The molecule has 4 heteroatoms. The van der Waals surface area contributed by atoms with Crippen LogP contribution in [-0.4, -0.2) is 18.8 Å². The molecule has 102 valence electrons. The van der Waals surface area contributed by atoms with Crippen molar-refractivity contribution in [2.24, 2.45) is 0 Å². The Labute approximate surface area is 115 Å². The van der Waals surface area contributed by atoms with Crippen LogP contribution < -0.4 is 5.46 Å². The maximum atomic E-state index is 5.93. The van der Waals surface area contributed by atoms with Crippen LogP contribution >= 0.6 is 0 Å². The van der Waals surface area contributed by atoms with Gasteiger partial charge in [-0.3, -0.25) is 0 Å². The highest BCUT2D eigenvalue weighted by Crippen LogP contribution is 2.28. The zero-order valence-electron chi connectivity index (χ0n) is 12.3. The third kappa shape index (κ3) is 2.56. The second-order valence-corrected chi connectivity index (χ2v) is 5.02. The fourth-order valence-electron chi connectivity index (χ4n) is 2.07. The van der Waals surface area contributed by atoms with Crippen LogP contribution in [0, 0.1) is 0 Å². The van der Waals surface area contributed by atoms with Gasteiger partial charge in [-0.05, 0) is 26.8 Å². The van der Waals surface area contributed by atoms with Crippen LogP contribution in [-0.2, 0) is 9.31 Å². The number of hydrogen-bond donors (Lipinski definition) is 0. The number of fused-ring (bicyclic) bond motifs is 1. The largest absolute Gasteiger partial charge is 0.498 e. The van der Waals surface area contributed by atoms with Crippen LogP contribution in [0.1, 0.15) is 34.6 Å². The van der Waals surface area contributed by atoms with Gasteiger partial charge in [-0.1, -0.05) is 32.0 Å². The number of benzene rings is 1. The van der Waals surface area contributed by atoms with E-state index < -0.39 is 0 Å². The van der Waals surface area contributed by atoms with Crippen LogP contribution in [0.25, 0.3) is 11.0 Å². The Bertz CT molecular complexity index is 547. The Kier molecular flexibility index (Phi) is 4.02. The fourth-order valence-corrected chi connectivity index (χ4v) is 2.07. The van der Waals surface area contributed by atoms with Gasteiger partial charge in [-0.2, -0.15) is 0 Å². The molecular formula is C15H21BO3. The van der Waals surface area contributed by atoms with Crippen molar-refractivity contribution >= 4 is 23.6 Å². The standard InChI is InChI=1S/C13H15BO3.C2H6/c1-9-13(2,3)17-14(16-9)11-8-15-12-7-5-4-6-10(11)12;1-2/h4-9H,1-3H3;1-2H3. The summed E-state index contributed by atoms with van der Waals surface area (Å²) in [6, 6.07) is 7.92. The van der Waals surface area contributed by atoms with Crippen molar-refractivity contribution < 1.29 is 13.7 Å². The molecule has 1 aromatic heterocycles. The molecule has 0 aliphatic carbocycles. The molecule has 3 nitrogen and oxygen atoms in total. The molecule has 2 aromatic rings. The normalized spacial score (nSPS) is 21.3. The van der Waals surface area contributed by atoms with Gasteiger partial charge in [0.05, 0.1) is 18.0 Å². The van der Waals surface area contributed by atoms with Crippen LogP contribution in [0.5, 0.6) is 0 Å². The molecule has 1 atom stereocenters. The van der Waals surface area contributed by atoms with E-state index in [4.69, 9.17) is 13.7 Å². The van der Waals surface area contributed by atoms with Crippen molar-refractivity contribution in [2.75, 3.05) is 0 Å². The second-order valence-electron chi connectivity index (χ2n) is 5.02. The van der Waals surface area contributed by atoms with Gasteiger partial charge in [0.15, 0.2) is 0 Å². The molecule has 19 heavy (non-hydrogen) atoms. The van der Waals surface area contributed by atoms with Crippen molar-refractivity contribution in [3.8, 4) is 0 Å². The Balaban J connectivity index is 0.000000637. The van der Waals surface area contributed by atoms with Crippen LogP contribution in [0.2, 0.25) is 0 Å². The van der Waals surface area contributed by atoms with Gasteiger partial charge in [0.25, 0.3) is 0 Å². The second kappa shape index (κ2) is 5.39. The molecule has 3 rings (SSSR count). The summed E-state index contributed by atoms with van der Waals surface area (Å²) >= 11 is 0. The molecule has 1 aliphatic heterocycles. The van der Waals surface area contributed by atoms with Gasteiger partial charge in [0, 0.05) is 10.8 Å². The minimum Gasteiger partial charge on any atom is -0.465 e. The fraction of sp³-hybridized carbons (Fsp3) is 0.467. The first-order valence-corrected chi connectivity index (χ1v) is 6.87. The molecule has 0 spiro atoms. The average Bonchev–Trinajstić information content (AvgIpc) is 2.94. The van der Waals surface area contributed by atoms with Crippen molar-refractivity contribution in [3.63, 3.8) is 0 Å². The minimum atomic E-state index is -0.330. The highest BCUT2D eigenvalue weighted by Gasteiger charge is 2.45. The maximum absolute atomic E-state index is 5.93. The molecule has 1 unspecified atom stereocenters. The molecule has 0 amide bonds. The quantitative estimate of drug-likeness (QED) is 0.737. The Morgan fingerprint density at radius 1 is 1.16 bits per heavy atom. The van der Waals surface area contributed by atoms with Crippen LogP contribution in [0.15, 0.2) is 34.9 Å². The lowest BCUT2D eigenvalue weighted by molar-refractivity contribution is 0.0842. The third-order valence-electron chi connectivity index (χ3n) is 3.48. The van der Waals surface area contributed by atoms with Gasteiger partial charge in [-0.25, -0.2) is 0 Å². The molecule has 0 saturated carbocycles. The predicted octanol–water partition coefficient (Wildman–Crippen LogP) is 3.37. The van der Waals surface area contributed by atoms with E-state index in [1.54, 1.807) is 6.26 Å². The van der Waals surface area contributed by atoms with Crippen LogP contribution in [0.4, 0.5) is 0 Å². The molecule has 0 radical (unpaired) electrons. The first-order chi connectivity index (χ1) is 9.08. The van der Waals surface area contributed by atoms with Gasteiger partial charge >= 0.3 is 7.12 Å². The number of hydrogen-bond acceptors (Lipinski definition) is 3. The zero-order chi connectivity index (χ0) is 14.0. The van der Waals surface area contributed by atoms with E-state index in [1.807, 2.05) is 58.9 Å². The summed E-state index contributed by atoms with van der Waals surface area (Å²) < 4.78 is 17.3. The predicted molar refractivity (Wildman–Crippen MR) is 78.7 cm³/mol. The third-order valence-corrected chi connectivity index (χ3v) is 3.48. The van der Waals surface area contributed by atoms with E-state index >= 15 is 0 Å². The lowest BCUT2D eigenvalue weighted by Gasteiger charge is -2.21. The molecule has 1 aromatic carbocycles. The zero-order valence-corrected chi connectivity index (χ0v) is 12.3. The smallest absolute Gasteiger partial charge is 0.465 e. The van der Waals surface area contributed by atoms with Crippen molar-refractivity contribution in [3.05, 3.63) is 30.5 Å². The maximum Gasteiger partial charge on any atom is 0.498 e. The Morgan fingerprint density at radius 3 is 2.47 bits per heavy atom.